The van der Waals surface area contributed by atoms with E-state index in [0.717, 1.165) is 0 Å². The predicted octanol–water partition coefficient (Wildman–Crippen LogP) is 3.14. The quantitative estimate of drug-likeness (QED) is 0.604. The number of aromatic nitrogens is 2. The van der Waals surface area contributed by atoms with E-state index in [0.29, 0.717) is 41.0 Å². The number of likely N-dealkylation sites (N-methyl/N-ethyl adjacent to an activating group) is 1. The van der Waals surface area contributed by atoms with Crippen LogP contribution in [0.3, 0.4) is 0 Å². The molecule has 2 aromatic carbocycles. The second-order valence-corrected chi connectivity index (χ2v) is 6.15. The van der Waals surface area contributed by atoms with Crippen molar-refractivity contribution in [3.05, 3.63) is 59.8 Å². The van der Waals surface area contributed by atoms with E-state index in [1.807, 2.05) is 38.1 Å². The number of methoxy groups -OCH3 is 1. The molecule has 1 aromatic heterocycles. The van der Waals surface area contributed by atoms with Gasteiger partial charge in [-0.3, -0.25) is 14.3 Å². The maximum absolute atomic E-state index is 13.0. The lowest BCUT2D eigenvalue weighted by atomic mass is 10.1. The molecule has 0 atom stereocenters. The first-order chi connectivity index (χ1) is 13.1. The zero-order valence-corrected chi connectivity index (χ0v) is 15.8. The number of hydrogen-bond donors (Lipinski definition) is 0. The standard InChI is InChI=1S/C21H23N3O3/c1-4-23(5-2)19(25)14-24-18-13-16(27-3)11-12-17(18)20(22-24)21(26)15-9-7-6-8-10-15/h6-13H,4-5,14H2,1-3H3. The summed E-state index contributed by atoms with van der Waals surface area (Å²) in [5, 5.41) is 5.20. The fraction of sp³-hybridized carbons (Fsp3) is 0.286. The van der Waals surface area contributed by atoms with Gasteiger partial charge in [-0.1, -0.05) is 30.3 Å². The van der Waals surface area contributed by atoms with Crippen LogP contribution in [-0.4, -0.2) is 46.6 Å². The van der Waals surface area contributed by atoms with Crippen molar-refractivity contribution >= 4 is 22.6 Å². The van der Waals surface area contributed by atoms with E-state index in [2.05, 4.69) is 5.10 Å². The highest BCUT2D eigenvalue weighted by Crippen LogP contribution is 2.25. The van der Waals surface area contributed by atoms with Gasteiger partial charge in [-0.2, -0.15) is 5.10 Å². The van der Waals surface area contributed by atoms with Crippen LogP contribution in [0.1, 0.15) is 29.9 Å². The first kappa shape index (κ1) is 18.6. The molecule has 0 fully saturated rings. The Kier molecular flexibility index (Phi) is 5.54. The molecule has 0 aliphatic heterocycles. The Balaban J connectivity index is 2.08. The van der Waals surface area contributed by atoms with Crippen molar-refractivity contribution in [2.24, 2.45) is 0 Å². The minimum Gasteiger partial charge on any atom is -0.497 e. The van der Waals surface area contributed by atoms with Crippen molar-refractivity contribution in [2.45, 2.75) is 20.4 Å². The Morgan fingerprint density at radius 1 is 1.07 bits per heavy atom. The number of ether oxygens (including phenoxy) is 1. The van der Waals surface area contributed by atoms with Crippen LogP contribution in [-0.2, 0) is 11.3 Å². The third kappa shape index (κ3) is 3.69. The second kappa shape index (κ2) is 8.03. The molecule has 1 amide bonds. The van der Waals surface area contributed by atoms with Crippen LogP contribution >= 0.6 is 0 Å². The number of ketones is 1. The lowest BCUT2D eigenvalue weighted by molar-refractivity contribution is -0.131. The van der Waals surface area contributed by atoms with Gasteiger partial charge in [-0.15, -0.1) is 0 Å². The number of nitrogens with zero attached hydrogens (tertiary/aromatic N) is 3. The highest BCUT2D eigenvalue weighted by atomic mass is 16.5. The van der Waals surface area contributed by atoms with Gasteiger partial charge in [-0.05, 0) is 26.0 Å². The molecule has 1 heterocycles. The third-order valence-electron chi connectivity index (χ3n) is 4.61. The molecule has 3 rings (SSSR count). The molecule has 0 spiro atoms. The Labute approximate surface area is 158 Å². The molecule has 0 radical (unpaired) electrons. The summed E-state index contributed by atoms with van der Waals surface area (Å²) >= 11 is 0. The Morgan fingerprint density at radius 2 is 1.78 bits per heavy atom. The Bertz CT molecular complexity index is 959. The molecule has 27 heavy (non-hydrogen) atoms. The van der Waals surface area contributed by atoms with Crippen LogP contribution < -0.4 is 4.74 Å². The monoisotopic (exact) mass is 365 g/mol. The van der Waals surface area contributed by atoms with Crippen LogP contribution in [0.5, 0.6) is 5.75 Å². The highest BCUT2D eigenvalue weighted by Gasteiger charge is 2.21. The second-order valence-electron chi connectivity index (χ2n) is 6.15. The van der Waals surface area contributed by atoms with E-state index in [4.69, 9.17) is 4.74 Å². The van der Waals surface area contributed by atoms with Crippen LogP contribution in [0.25, 0.3) is 10.9 Å². The largest absolute Gasteiger partial charge is 0.497 e. The normalized spacial score (nSPS) is 10.8. The summed E-state index contributed by atoms with van der Waals surface area (Å²) in [7, 11) is 1.58. The average Bonchev–Trinajstić information content (AvgIpc) is 3.06. The van der Waals surface area contributed by atoms with E-state index >= 15 is 0 Å². The summed E-state index contributed by atoms with van der Waals surface area (Å²) in [4.78, 5) is 27.3. The van der Waals surface area contributed by atoms with Gasteiger partial charge in [0.1, 0.15) is 18.0 Å². The number of amides is 1. The highest BCUT2D eigenvalue weighted by molar-refractivity contribution is 6.15. The van der Waals surface area contributed by atoms with Gasteiger partial charge in [0.05, 0.1) is 12.6 Å². The fourth-order valence-corrected chi connectivity index (χ4v) is 3.10. The fourth-order valence-electron chi connectivity index (χ4n) is 3.10. The molecule has 6 nitrogen and oxygen atoms in total. The first-order valence-electron chi connectivity index (χ1n) is 9.01. The summed E-state index contributed by atoms with van der Waals surface area (Å²) in [6, 6.07) is 14.4. The number of carbonyl (C=O) groups excluding carboxylic acids is 2. The van der Waals surface area contributed by atoms with Gasteiger partial charge in [0.2, 0.25) is 11.7 Å². The summed E-state index contributed by atoms with van der Waals surface area (Å²) < 4.78 is 6.90. The first-order valence-corrected chi connectivity index (χ1v) is 9.01. The molecule has 0 N–H and O–H groups in total. The van der Waals surface area contributed by atoms with Gasteiger partial charge >= 0.3 is 0 Å². The molecule has 0 unspecified atom stereocenters. The molecular weight excluding hydrogens is 342 g/mol. The number of carbonyl (C=O) groups is 2. The van der Waals surface area contributed by atoms with Crippen LogP contribution in [0.15, 0.2) is 48.5 Å². The van der Waals surface area contributed by atoms with Gasteiger partial charge in [0, 0.05) is 30.1 Å². The summed E-state index contributed by atoms with van der Waals surface area (Å²) in [5.74, 6) is 0.448. The lowest BCUT2D eigenvalue weighted by Gasteiger charge is -2.18. The van der Waals surface area contributed by atoms with Crippen molar-refractivity contribution in [3.8, 4) is 5.75 Å². The topological polar surface area (TPSA) is 64.4 Å². The number of hydrogen-bond acceptors (Lipinski definition) is 4. The number of fused-ring (bicyclic) bond motifs is 1. The SMILES string of the molecule is CCN(CC)C(=O)Cn1nc(C(=O)c2ccccc2)c2ccc(OC)cc21. The summed E-state index contributed by atoms with van der Waals surface area (Å²) in [5.41, 5.74) is 1.61. The van der Waals surface area contributed by atoms with Crippen molar-refractivity contribution in [2.75, 3.05) is 20.2 Å². The molecule has 0 aliphatic rings. The molecule has 6 heteroatoms. The third-order valence-corrected chi connectivity index (χ3v) is 4.61. The van der Waals surface area contributed by atoms with Crippen LogP contribution in [0.4, 0.5) is 0 Å². The van der Waals surface area contributed by atoms with Gasteiger partial charge in [0.25, 0.3) is 0 Å². The minimum absolute atomic E-state index is 0.0362. The van der Waals surface area contributed by atoms with E-state index in [9.17, 15) is 9.59 Å². The van der Waals surface area contributed by atoms with Crippen molar-refractivity contribution in [1.82, 2.24) is 14.7 Å². The van der Waals surface area contributed by atoms with Crippen molar-refractivity contribution in [3.63, 3.8) is 0 Å². The smallest absolute Gasteiger partial charge is 0.244 e. The van der Waals surface area contributed by atoms with Crippen molar-refractivity contribution < 1.29 is 14.3 Å². The molecule has 140 valence electrons. The molecule has 0 saturated carbocycles. The van der Waals surface area contributed by atoms with E-state index in [1.165, 1.54) is 0 Å². The number of rotatable bonds is 7. The molecule has 0 aliphatic carbocycles. The average molecular weight is 365 g/mol. The van der Waals surface area contributed by atoms with Crippen LogP contribution in [0.2, 0.25) is 0 Å². The van der Waals surface area contributed by atoms with E-state index < -0.39 is 0 Å². The molecule has 3 aromatic rings. The minimum atomic E-state index is -0.167. The maximum atomic E-state index is 13.0. The van der Waals surface area contributed by atoms with E-state index in [-0.39, 0.29) is 18.2 Å². The van der Waals surface area contributed by atoms with E-state index in [1.54, 1.807) is 41.0 Å². The molecule has 0 saturated heterocycles. The zero-order chi connectivity index (χ0) is 19.4. The van der Waals surface area contributed by atoms with Gasteiger partial charge < -0.3 is 9.64 Å². The number of benzene rings is 2. The lowest BCUT2D eigenvalue weighted by Crippen LogP contribution is -2.33. The van der Waals surface area contributed by atoms with Crippen LogP contribution in [0, 0.1) is 0 Å². The zero-order valence-electron chi connectivity index (χ0n) is 15.8. The van der Waals surface area contributed by atoms with Crippen molar-refractivity contribution in [1.29, 1.82) is 0 Å². The summed E-state index contributed by atoms with van der Waals surface area (Å²) in [6.07, 6.45) is 0. The summed E-state index contributed by atoms with van der Waals surface area (Å²) in [6.45, 7) is 5.22. The maximum Gasteiger partial charge on any atom is 0.244 e. The van der Waals surface area contributed by atoms with Gasteiger partial charge in [-0.25, -0.2) is 0 Å². The predicted molar refractivity (Wildman–Crippen MR) is 104 cm³/mol. The Morgan fingerprint density at radius 3 is 2.41 bits per heavy atom. The van der Waals surface area contributed by atoms with Gasteiger partial charge in [0.15, 0.2) is 0 Å². The molecular formula is C21H23N3O3. The Hall–Kier alpha value is -3.15. The molecule has 0 bridgehead atoms.